The van der Waals surface area contributed by atoms with E-state index in [9.17, 15) is 9.59 Å². The number of hydrogen-bond donors (Lipinski definition) is 2. The van der Waals surface area contributed by atoms with Gasteiger partial charge < -0.3 is 20.7 Å². The number of rotatable bonds is 4. The minimum atomic E-state index is -0.506. The second-order valence-corrected chi connectivity index (χ2v) is 5.26. The zero-order valence-electron chi connectivity index (χ0n) is 12.1. The third-order valence-electron chi connectivity index (χ3n) is 3.42. The molecule has 0 radical (unpaired) electrons. The molecule has 2 rings (SSSR count). The minimum absolute atomic E-state index is 0.0732. The highest BCUT2D eigenvalue weighted by Gasteiger charge is 2.28. The molecule has 0 bridgehead atoms. The summed E-state index contributed by atoms with van der Waals surface area (Å²) in [7, 11) is 0. The van der Waals surface area contributed by atoms with Gasteiger partial charge in [0.25, 0.3) is 0 Å². The molecule has 2 amide bonds. The van der Waals surface area contributed by atoms with Crippen molar-refractivity contribution in [2.24, 2.45) is 5.73 Å². The monoisotopic (exact) mass is 291 g/mol. The second kappa shape index (κ2) is 7.08. The Morgan fingerprint density at radius 3 is 2.81 bits per heavy atom. The smallest absolute Gasteiger partial charge is 0.407 e. The largest absolute Gasteiger partial charge is 0.445 e. The van der Waals surface area contributed by atoms with Crippen LogP contribution in [0.3, 0.4) is 0 Å². The Bertz CT molecular complexity index is 490. The third kappa shape index (κ3) is 4.46. The van der Waals surface area contributed by atoms with Gasteiger partial charge in [0, 0.05) is 13.1 Å². The number of ether oxygens (including phenoxy) is 1. The van der Waals surface area contributed by atoms with Gasteiger partial charge in [0.05, 0.1) is 12.1 Å². The number of likely N-dealkylation sites (tertiary alicyclic amines) is 1. The Balaban J connectivity index is 1.73. The standard InChI is InChI=1S/C15H21N3O3/c1-11(16)14(19)18-8-7-13(9-18)17-15(20)21-10-12-5-3-2-4-6-12/h2-6,11,13H,7-10,16H2,1H3,(H,17,20)/t11-,13+/m0/s1. The van der Waals surface area contributed by atoms with E-state index in [0.29, 0.717) is 13.1 Å². The summed E-state index contributed by atoms with van der Waals surface area (Å²) in [6.45, 7) is 3.00. The lowest BCUT2D eigenvalue weighted by atomic mass is 10.2. The van der Waals surface area contributed by atoms with Crippen molar-refractivity contribution in [3.8, 4) is 0 Å². The van der Waals surface area contributed by atoms with E-state index in [1.165, 1.54) is 0 Å². The van der Waals surface area contributed by atoms with E-state index in [1.54, 1.807) is 11.8 Å². The van der Waals surface area contributed by atoms with Crippen LogP contribution in [0.5, 0.6) is 0 Å². The van der Waals surface area contributed by atoms with E-state index < -0.39 is 12.1 Å². The van der Waals surface area contributed by atoms with Gasteiger partial charge in [0.2, 0.25) is 5.91 Å². The number of benzene rings is 1. The van der Waals surface area contributed by atoms with Crippen molar-refractivity contribution < 1.29 is 14.3 Å². The first kappa shape index (κ1) is 15.3. The number of nitrogens with one attached hydrogen (secondary N) is 1. The van der Waals surface area contributed by atoms with E-state index in [0.717, 1.165) is 12.0 Å². The quantitative estimate of drug-likeness (QED) is 0.861. The lowest BCUT2D eigenvalue weighted by molar-refractivity contribution is -0.131. The average Bonchev–Trinajstić information content (AvgIpc) is 2.93. The molecular formula is C15H21N3O3. The Morgan fingerprint density at radius 2 is 2.14 bits per heavy atom. The van der Waals surface area contributed by atoms with Crippen molar-refractivity contribution in [2.75, 3.05) is 13.1 Å². The van der Waals surface area contributed by atoms with Crippen molar-refractivity contribution in [3.63, 3.8) is 0 Å². The molecule has 114 valence electrons. The maximum absolute atomic E-state index is 11.7. The molecular weight excluding hydrogens is 270 g/mol. The van der Waals surface area contributed by atoms with Gasteiger partial charge in [0.15, 0.2) is 0 Å². The van der Waals surface area contributed by atoms with Gasteiger partial charge in [0.1, 0.15) is 6.61 Å². The number of nitrogens with two attached hydrogens (primary N) is 1. The van der Waals surface area contributed by atoms with Gasteiger partial charge in [-0.1, -0.05) is 30.3 Å². The van der Waals surface area contributed by atoms with E-state index in [1.807, 2.05) is 30.3 Å². The fraction of sp³-hybridized carbons (Fsp3) is 0.467. The fourth-order valence-corrected chi connectivity index (χ4v) is 2.30. The third-order valence-corrected chi connectivity index (χ3v) is 3.42. The van der Waals surface area contributed by atoms with Crippen molar-refractivity contribution >= 4 is 12.0 Å². The molecule has 6 nitrogen and oxygen atoms in total. The van der Waals surface area contributed by atoms with E-state index in [-0.39, 0.29) is 18.6 Å². The van der Waals surface area contributed by atoms with Crippen LogP contribution in [0, 0.1) is 0 Å². The Labute approximate surface area is 124 Å². The number of hydrogen-bond acceptors (Lipinski definition) is 4. The van der Waals surface area contributed by atoms with Gasteiger partial charge in [-0.15, -0.1) is 0 Å². The predicted octanol–water partition coefficient (Wildman–Crippen LogP) is 0.861. The predicted molar refractivity (Wildman–Crippen MR) is 78.4 cm³/mol. The summed E-state index contributed by atoms with van der Waals surface area (Å²) in [5, 5.41) is 2.78. The molecule has 1 aromatic rings. The number of amides is 2. The van der Waals surface area contributed by atoms with Gasteiger partial charge in [-0.2, -0.15) is 0 Å². The first-order valence-corrected chi connectivity index (χ1v) is 7.08. The Hall–Kier alpha value is -2.08. The van der Waals surface area contributed by atoms with Crippen LogP contribution < -0.4 is 11.1 Å². The molecule has 3 N–H and O–H groups in total. The summed E-state index contributed by atoms with van der Waals surface area (Å²) in [4.78, 5) is 25.1. The zero-order chi connectivity index (χ0) is 15.2. The highest BCUT2D eigenvalue weighted by Crippen LogP contribution is 2.10. The summed E-state index contributed by atoms with van der Waals surface area (Å²) in [6.07, 6.45) is 0.262. The summed E-state index contributed by atoms with van der Waals surface area (Å²) in [5.41, 5.74) is 6.51. The average molecular weight is 291 g/mol. The lowest BCUT2D eigenvalue weighted by Gasteiger charge is -2.18. The van der Waals surface area contributed by atoms with Gasteiger partial charge >= 0.3 is 6.09 Å². The number of carbonyl (C=O) groups excluding carboxylic acids is 2. The first-order chi connectivity index (χ1) is 10.1. The molecule has 1 fully saturated rings. The lowest BCUT2D eigenvalue weighted by Crippen LogP contribution is -2.43. The van der Waals surface area contributed by atoms with Crippen molar-refractivity contribution in [2.45, 2.75) is 32.0 Å². The maximum Gasteiger partial charge on any atom is 0.407 e. The van der Waals surface area contributed by atoms with E-state index >= 15 is 0 Å². The van der Waals surface area contributed by atoms with Crippen LogP contribution in [0.1, 0.15) is 18.9 Å². The molecule has 1 aliphatic rings. The minimum Gasteiger partial charge on any atom is -0.445 e. The highest BCUT2D eigenvalue weighted by atomic mass is 16.5. The second-order valence-electron chi connectivity index (χ2n) is 5.26. The van der Waals surface area contributed by atoms with Crippen LogP contribution in [-0.4, -0.2) is 42.1 Å². The number of carbonyl (C=O) groups is 2. The van der Waals surface area contributed by atoms with Crippen LogP contribution in [0.2, 0.25) is 0 Å². The molecule has 0 spiro atoms. The molecule has 6 heteroatoms. The molecule has 0 aliphatic carbocycles. The first-order valence-electron chi connectivity index (χ1n) is 7.08. The zero-order valence-corrected chi connectivity index (χ0v) is 12.1. The molecule has 2 atom stereocenters. The molecule has 1 aromatic carbocycles. The molecule has 0 saturated carbocycles. The topological polar surface area (TPSA) is 84.7 Å². The van der Waals surface area contributed by atoms with E-state index in [4.69, 9.17) is 10.5 Å². The van der Waals surface area contributed by atoms with Crippen molar-refractivity contribution in [1.82, 2.24) is 10.2 Å². The molecule has 21 heavy (non-hydrogen) atoms. The number of nitrogens with zero attached hydrogens (tertiary/aromatic N) is 1. The SMILES string of the molecule is C[C@H](N)C(=O)N1CC[C@@H](NC(=O)OCc2ccccc2)C1. The molecule has 1 aliphatic heterocycles. The molecule has 0 unspecified atom stereocenters. The van der Waals surface area contributed by atoms with Gasteiger partial charge in [-0.05, 0) is 18.9 Å². The summed E-state index contributed by atoms with van der Waals surface area (Å²) in [6, 6.07) is 8.91. The summed E-state index contributed by atoms with van der Waals surface area (Å²) in [5.74, 6) is -0.0862. The maximum atomic E-state index is 11.7. The van der Waals surface area contributed by atoms with Crippen LogP contribution in [-0.2, 0) is 16.1 Å². The van der Waals surface area contributed by atoms with Crippen LogP contribution >= 0.6 is 0 Å². The fourth-order valence-electron chi connectivity index (χ4n) is 2.30. The Kier molecular flexibility index (Phi) is 5.16. The molecule has 1 heterocycles. The Morgan fingerprint density at radius 1 is 1.43 bits per heavy atom. The summed E-state index contributed by atoms with van der Waals surface area (Å²) < 4.78 is 5.15. The van der Waals surface area contributed by atoms with E-state index in [2.05, 4.69) is 5.32 Å². The normalized spacial score (nSPS) is 19.1. The van der Waals surface area contributed by atoms with Crippen molar-refractivity contribution in [1.29, 1.82) is 0 Å². The van der Waals surface area contributed by atoms with Gasteiger partial charge in [-0.3, -0.25) is 4.79 Å². The van der Waals surface area contributed by atoms with Crippen LogP contribution in [0.15, 0.2) is 30.3 Å². The van der Waals surface area contributed by atoms with Crippen LogP contribution in [0.4, 0.5) is 4.79 Å². The highest BCUT2D eigenvalue weighted by molar-refractivity contribution is 5.81. The van der Waals surface area contributed by atoms with Crippen LogP contribution in [0.25, 0.3) is 0 Å². The molecule has 1 saturated heterocycles. The summed E-state index contributed by atoms with van der Waals surface area (Å²) >= 11 is 0. The molecule has 0 aromatic heterocycles. The number of alkyl carbamates (subject to hydrolysis) is 1. The van der Waals surface area contributed by atoms with Gasteiger partial charge in [-0.25, -0.2) is 4.79 Å². The van der Waals surface area contributed by atoms with Crippen molar-refractivity contribution in [3.05, 3.63) is 35.9 Å².